The van der Waals surface area contributed by atoms with Gasteiger partial charge in [0.05, 0.1) is 0 Å². The molecule has 4 nitrogen and oxygen atoms in total. The van der Waals surface area contributed by atoms with Crippen molar-refractivity contribution < 1.29 is 9.53 Å². The van der Waals surface area contributed by atoms with Crippen molar-refractivity contribution in [3.05, 3.63) is 70.9 Å². The number of H-pyrrole nitrogens is 1. The molecular weight excluding hydrogens is 344 g/mol. The third-order valence-electron chi connectivity index (χ3n) is 4.26. The van der Waals surface area contributed by atoms with Gasteiger partial charge in [0.15, 0.2) is 6.61 Å². The standard InChI is InChI=1S/C21H18N2O2S/c1-13-12-26-21(22-13)15-7-9-16(10-8-15)25-11-19(24)20-14(2)23-18-6-4-3-5-17(18)20/h3-10,12,23H,11H2,1-2H3. The van der Waals surface area contributed by atoms with E-state index in [2.05, 4.69) is 9.97 Å². The van der Waals surface area contributed by atoms with Gasteiger partial charge in [0.1, 0.15) is 10.8 Å². The van der Waals surface area contributed by atoms with Gasteiger partial charge in [0.2, 0.25) is 5.78 Å². The highest BCUT2D eigenvalue weighted by Gasteiger charge is 2.16. The molecule has 0 fully saturated rings. The molecule has 0 aliphatic rings. The highest BCUT2D eigenvalue weighted by atomic mass is 32.1. The third kappa shape index (κ3) is 3.13. The van der Waals surface area contributed by atoms with Crippen molar-refractivity contribution in [2.75, 3.05) is 6.61 Å². The Morgan fingerprint density at radius 3 is 2.62 bits per heavy atom. The summed E-state index contributed by atoms with van der Waals surface area (Å²) in [6.45, 7) is 3.91. The molecular formula is C21H18N2O2S. The van der Waals surface area contributed by atoms with Gasteiger partial charge in [-0.3, -0.25) is 4.79 Å². The minimum absolute atomic E-state index is 0.0123. The lowest BCUT2D eigenvalue weighted by Gasteiger charge is -2.06. The molecule has 0 saturated heterocycles. The first-order valence-electron chi connectivity index (χ1n) is 8.37. The Hall–Kier alpha value is -2.92. The second kappa shape index (κ2) is 6.77. The van der Waals surface area contributed by atoms with Crippen molar-refractivity contribution in [3.8, 4) is 16.3 Å². The number of fused-ring (bicyclic) bond motifs is 1. The maximum absolute atomic E-state index is 12.7. The maximum Gasteiger partial charge on any atom is 0.202 e. The molecule has 26 heavy (non-hydrogen) atoms. The molecule has 0 aliphatic carbocycles. The van der Waals surface area contributed by atoms with Gasteiger partial charge in [0, 0.05) is 38.8 Å². The molecule has 2 aromatic carbocycles. The van der Waals surface area contributed by atoms with Crippen molar-refractivity contribution in [1.29, 1.82) is 0 Å². The number of ketones is 1. The lowest BCUT2D eigenvalue weighted by atomic mass is 10.1. The van der Waals surface area contributed by atoms with Gasteiger partial charge < -0.3 is 9.72 Å². The molecule has 0 spiro atoms. The number of benzene rings is 2. The third-order valence-corrected chi connectivity index (χ3v) is 5.27. The van der Waals surface area contributed by atoms with Crippen LogP contribution in [0.25, 0.3) is 21.5 Å². The summed E-state index contributed by atoms with van der Waals surface area (Å²) >= 11 is 1.62. The van der Waals surface area contributed by atoms with Crippen molar-refractivity contribution in [2.24, 2.45) is 0 Å². The average molecular weight is 362 g/mol. The van der Waals surface area contributed by atoms with Gasteiger partial charge in [-0.25, -0.2) is 4.98 Å². The summed E-state index contributed by atoms with van der Waals surface area (Å²) in [4.78, 5) is 20.4. The number of hydrogen-bond acceptors (Lipinski definition) is 4. The van der Waals surface area contributed by atoms with Gasteiger partial charge in [0.25, 0.3) is 0 Å². The van der Waals surface area contributed by atoms with E-state index in [4.69, 9.17) is 4.74 Å². The predicted molar refractivity (Wildman–Crippen MR) is 105 cm³/mol. The number of Topliss-reactive ketones (excluding diaryl/α,β-unsaturated/α-hetero) is 1. The van der Waals surface area contributed by atoms with Gasteiger partial charge in [-0.1, -0.05) is 18.2 Å². The molecule has 2 heterocycles. The van der Waals surface area contributed by atoms with Crippen LogP contribution in [-0.2, 0) is 0 Å². The lowest BCUT2D eigenvalue weighted by Crippen LogP contribution is -2.12. The molecule has 0 atom stereocenters. The largest absolute Gasteiger partial charge is 0.485 e. The molecule has 4 aromatic rings. The van der Waals surface area contributed by atoms with Crippen molar-refractivity contribution in [2.45, 2.75) is 13.8 Å². The van der Waals surface area contributed by atoms with E-state index in [0.717, 1.165) is 32.9 Å². The average Bonchev–Trinajstić information content (AvgIpc) is 3.22. The van der Waals surface area contributed by atoms with Crippen LogP contribution >= 0.6 is 11.3 Å². The molecule has 4 rings (SSSR count). The highest BCUT2D eigenvalue weighted by molar-refractivity contribution is 7.13. The summed E-state index contributed by atoms with van der Waals surface area (Å²) in [6, 6.07) is 15.5. The number of rotatable bonds is 5. The smallest absolute Gasteiger partial charge is 0.202 e. The Morgan fingerprint density at radius 1 is 1.12 bits per heavy atom. The second-order valence-corrected chi connectivity index (χ2v) is 7.06. The Balaban J connectivity index is 1.48. The van der Waals surface area contributed by atoms with Crippen LogP contribution in [0.3, 0.4) is 0 Å². The number of hydrogen-bond donors (Lipinski definition) is 1. The summed E-state index contributed by atoms with van der Waals surface area (Å²) in [5.74, 6) is 0.646. The first kappa shape index (κ1) is 16.5. The number of para-hydroxylation sites is 1. The number of nitrogens with one attached hydrogen (secondary N) is 1. The van der Waals surface area contributed by atoms with Crippen molar-refractivity contribution >= 4 is 28.0 Å². The van der Waals surface area contributed by atoms with E-state index in [-0.39, 0.29) is 12.4 Å². The van der Waals surface area contributed by atoms with Crippen LogP contribution < -0.4 is 4.74 Å². The van der Waals surface area contributed by atoms with E-state index < -0.39 is 0 Å². The Bertz CT molecular complexity index is 1080. The van der Waals surface area contributed by atoms with Gasteiger partial charge in [-0.05, 0) is 44.2 Å². The normalized spacial score (nSPS) is 11.0. The quantitative estimate of drug-likeness (QED) is 0.498. The van der Waals surface area contributed by atoms with E-state index in [1.165, 1.54) is 0 Å². The van der Waals surface area contributed by atoms with E-state index in [9.17, 15) is 4.79 Å². The zero-order valence-electron chi connectivity index (χ0n) is 14.6. The van der Waals surface area contributed by atoms with Crippen molar-refractivity contribution in [1.82, 2.24) is 9.97 Å². The van der Waals surface area contributed by atoms with E-state index in [1.807, 2.05) is 67.8 Å². The molecule has 2 aromatic heterocycles. The Kier molecular flexibility index (Phi) is 4.31. The molecule has 0 bridgehead atoms. The number of carbonyl (C=O) groups excluding carboxylic acids is 1. The predicted octanol–water partition coefficient (Wildman–Crippen LogP) is 5.17. The van der Waals surface area contributed by atoms with E-state index >= 15 is 0 Å². The Morgan fingerprint density at radius 2 is 1.88 bits per heavy atom. The van der Waals surface area contributed by atoms with Crippen LogP contribution in [0, 0.1) is 13.8 Å². The van der Waals surface area contributed by atoms with Crippen LogP contribution in [0.5, 0.6) is 5.75 Å². The Labute approximate surface area is 155 Å². The van der Waals surface area contributed by atoms with Crippen LogP contribution in [0.2, 0.25) is 0 Å². The summed E-state index contributed by atoms with van der Waals surface area (Å²) in [6.07, 6.45) is 0. The second-order valence-electron chi connectivity index (χ2n) is 6.20. The van der Waals surface area contributed by atoms with Gasteiger partial charge >= 0.3 is 0 Å². The minimum Gasteiger partial charge on any atom is -0.485 e. The van der Waals surface area contributed by atoms with E-state index in [0.29, 0.717) is 11.3 Å². The van der Waals surface area contributed by atoms with Gasteiger partial charge in [-0.15, -0.1) is 11.3 Å². The maximum atomic E-state index is 12.7. The van der Waals surface area contributed by atoms with Crippen LogP contribution in [0.1, 0.15) is 21.7 Å². The molecule has 5 heteroatoms. The number of nitrogens with zero attached hydrogens (tertiary/aromatic N) is 1. The molecule has 0 amide bonds. The summed E-state index contributed by atoms with van der Waals surface area (Å²) < 4.78 is 5.71. The zero-order chi connectivity index (χ0) is 18.1. The molecule has 0 aliphatic heterocycles. The highest BCUT2D eigenvalue weighted by Crippen LogP contribution is 2.26. The molecule has 0 unspecified atom stereocenters. The zero-order valence-corrected chi connectivity index (χ0v) is 15.4. The monoisotopic (exact) mass is 362 g/mol. The minimum atomic E-state index is -0.0282. The summed E-state index contributed by atoms with van der Waals surface area (Å²) in [5, 5.41) is 3.95. The number of aromatic amines is 1. The number of carbonyl (C=O) groups is 1. The first-order chi connectivity index (χ1) is 12.6. The number of thiazole rings is 1. The summed E-state index contributed by atoms with van der Waals surface area (Å²) in [5.41, 5.74) is 4.61. The fraction of sp³-hybridized carbons (Fsp3) is 0.143. The molecule has 130 valence electrons. The van der Waals surface area contributed by atoms with E-state index in [1.54, 1.807) is 11.3 Å². The van der Waals surface area contributed by atoms with Crippen molar-refractivity contribution in [3.63, 3.8) is 0 Å². The number of ether oxygens (including phenoxy) is 1. The van der Waals surface area contributed by atoms with Gasteiger partial charge in [-0.2, -0.15) is 0 Å². The van der Waals surface area contributed by atoms with Crippen LogP contribution in [-0.4, -0.2) is 22.4 Å². The molecule has 1 N–H and O–H groups in total. The van der Waals surface area contributed by atoms with Crippen LogP contribution in [0.4, 0.5) is 0 Å². The van der Waals surface area contributed by atoms with Crippen LogP contribution in [0.15, 0.2) is 53.9 Å². The fourth-order valence-corrected chi connectivity index (χ4v) is 3.84. The SMILES string of the molecule is Cc1csc(-c2ccc(OCC(=O)c3c(C)[nH]c4ccccc34)cc2)n1. The molecule has 0 radical (unpaired) electrons. The number of aryl methyl sites for hydroxylation is 2. The first-order valence-corrected chi connectivity index (χ1v) is 9.25. The number of aromatic nitrogens is 2. The molecule has 0 saturated carbocycles. The lowest BCUT2D eigenvalue weighted by molar-refractivity contribution is 0.0922. The summed E-state index contributed by atoms with van der Waals surface area (Å²) in [7, 11) is 0. The fourth-order valence-electron chi connectivity index (χ4n) is 3.04. The topological polar surface area (TPSA) is 55.0 Å².